The molecular formula is C65H110O6. The molecule has 71 heavy (non-hydrogen) atoms. The fourth-order valence-corrected chi connectivity index (χ4v) is 8.13. The van der Waals surface area contributed by atoms with Gasteiger partial charge in [0, 0.05) is 19.3 Å². The molecule has 1 atom stereocenters. The molecule has 0 saturated carbocycles. The number of carbonyl (C=O) groups excluding carboxylic acids is 3. The zero-order valence-electron chi connectivity index (χ0n) is 46.5. The molecule has 0 aromatic carbocycles. The molecule has 0 aliphatic rings. The van der Waals surface area contributed by atoms with Gasteiger partial charge in [0.25, 0.3) is 0 Å². The Balaban J connectivity index is 4.42. The van der Waals surface area contributed by atoms with Crippen LogP contribution in [-0.2, 0) is 28.6 Å². The van der Waals surface area contributed by atoms with Gasteiger partial charge in [0.2, 0.25) is 0 Å². The van der Waals surface area contributed by atoms with Gasteiger partial charge < -0.3 is 14.2 Å². The molecule has 1 unspecified atom stereocenters. The number of carbonyl (C=O) groups is 3. The Morgan fingerprint density at radius 2 is 0.563 bits per heavy atom. The first kappa shape index (κ1) is 67.3. The molecular weight excluding hydrogens is 877 g/mol. The van der Waals surface area contributed by atoms with Crippen molar-refractivity contribution in [1.29, 1.82) is 0 Å². The lowest BCUT2D eigenvalue weighted by Gasteiger charge is -2.18. The van der Waals surface area contributed by atoms with Gasteiger partial charge in [-0.05, 0) is 96.3 Å². The van der Waals surface area contributed by atoms with Crippen LogP contribution in [-0.4, -0.2) is 37.2 Å². The molecule has 0 aromatic heterocycles. The highest BCUT2D eigenvalue weighted by Crippen LogP contribution is 2.15. The van der Waals surface area contributed by atoms with Crippen LogP contribution in [0.4, 0.5) is 0 Å². The van der Waals surface area contributed by atoms with Crippen molar-refractivity contribution in [3.8, 4) is 0 Å². The molecule has 0 spiro atoms. The first-order valence-corrected chi connectivity index (χ1v) is 29.7. The Kier molecular flexibility index (Phi) is 55.9. The third-order valence-corrected chi connectivity index (χ3v) is 12.6. The van der Waals surface area contributed by atoms with E-state index in [4.69, 9.17) is 14.2 Å². The minimum atomic E-state index is -0.810. The van der Waals surface area contributed by atoms with Gasteiger partial charge in [0.1, 0.15) is 13.2 Å². The second kappa shape index (κ2) is 58.9. The van der Waals surface area contributed by atoms with E-state index in [2.05, 4.69) is 118 Å². The summed E-state index contributed by atoms with van der Waals surface area (Å²) in [5, 5.41) is 0. The van der Waals surface area contributed by atoms with E-state index >= 15 is 0 Å². The van der Waals surface area contributed by atoms with Crippen LogP contribution in [0, 0.1) is 0 Å². The van der Waals surface area contributed by atoms with Gasteiger partial charge in [-0.2, -0.15) is 0 Å². The van der Waals surface area contributed by atoms with E-state index in [1.54, 1.807) is 0 Å². The Morgan fingerprint density at radius 3 is 0.901 bits per heavy atom. The number of hydrogen-bond acceptors (Lipinski definition) is 6. The molecule has 406 valence electrons. The number of rotatable bonds is 53. The van der Waals surface area contributed by atoms with Gasteiger partial charge in [0.15, 0.2) is 6.10 Å². The molecule has 0 N–H and O–H groups in total. The van der Waals surface area contributed by atoms with E-state index < -0.39 is 6.10 Å². The third kappa shape index (κ3) is 57.1. The summed E-state index contributed by atoms with van der Waals surface area (Å²) < 4.78 is 16.8. The Morgan fingerprint density at radius 1 is 0.296 bits per heavy atom. The SMILES string of the molecule is CC/C=C\C/C=C\C/C=C\C/C=C\C/C=C\CCCC(=O)OC(COC(=O)CCCCCCCCCC/C=C\C/C=C\C/C=C\CCCCCCC)COC(=O)CCCCCCCCCCCCCCC. The predicted octanol–water partition coefficient (Wildman–Crippen LogP) is 20.1. The largest absolute Gasteiger partial charge is 0.462 e. The van der Waals surface area contributed by atoms with E-state index in [1.807, 2.05) is 0 Å². The standard InChI is InChI=1S/C65H110O6/c1-4-7-10-13-16-19-22-25-27-29-30-31-32-33-34-36-37-40-43-46-49-52-55-58-64(67)70-61-62(60-69-63(66)57-54-51-48-45-42-39-24-21-18-15-12-9-6-3)71-65(68)59-56-53-50-47-44-41-38-35-28-26-23-20-17-14-11-8-5-2/h8,11,17,20,22,25-26,28-30,32-33,38,41,47,50,62H,4-7,9-10,12-16,18-19,21,23-24,27,31,34-37,39-40,42-46,48-49,51-61H2,1-3H3/b11-8-,20-17-,25-22-,28-26-,30-29-,33-32-,41-38-,50-47-. The minimum absolute atomic E-state index is 0.101. The van der Waals surface area contributed by atoms with E-state index in [0.29, 0.717) is 19.3 Å². The van der Waals surface area contributed by atoms with Crippen molar-refractivity contribution in [1.82, 2.24) is 0 Å². The fraction of sp³-hybridized carbons (Fsp3) is 0.708. The van der Waals surface area contributed by atoms with Crippen LogP contribution in [0.3, 0.4) is 0 Å². The van der Waals surface area contributed by atoms with Crippen molar-refractivity contribution >= 4 is 17.9 Å². The maximum atomic E-state index is 12.8. The van der Waals surface area contributed by atoms with Crippen molar-refractivity contribution in [3.63, 3.8) is 0 Å². The molecule has 0 saturated heterocycles. The van der Waals surface area contributed by atoms with Crippen molar-refractivity contribution in [2.75, 3.05) is 13.2 Å². The predicted molar refractivity (Wildman–Crippen MR) is 307 cm³/mol. The summed E-state index contributed by atoms with van der Waals surface area (Å²) in [4.78, 5) is 38.2. The summed E-state index contributed by atoms with van der Waals surface area (Å²) in [6.07, 6.45) is 78.3. The number of hydrogen-bond donors (Lipinski definition) is 0. The summed E-state index contributed by atoms with van der Waals surface area (Å²) in [5.41, 5.74) is 0. The Hall–Kier alpha value is -3.67. The van der Waals surface area contributed by atoms with Gasteiger partial charge in [-0.1, -0.05) is 259 Å². The average Bonchev–Trinajstić information content (AvgIpc) is 3.37. The highest BCUT2D eigenvalue weighted by Gasteiger charge is 2.19. The lowest BCUT2D eigenvalue weighted by molar-refractivity contribution is -0.167. The van der Waals surface area contributed by atoms with Gasteiger partial charge in [-0.3, -0.25) is 14.4 Å². The van der Waals surface area contributed by atoms with E-state index in [1.165, 1.54) is 135 Å². The van der Waals surface area contributed by atoms with Crippen LogP contribution < -0.4 is 0 Å². The molecule has 0 aliphatic carbocycles. The minimum Gasteiger partial charge on any atom is -0.462 e. The maximum absolute atomic E-state index is 12.8. The number of allylic oxidation sites excluding steroid dienone is 16. The summed E-state index contributed by atoms with van der Waals surface area (Å²) >= 11 is 0. The van der Waals surface area contributed by atoms with Crippen molar-refractivity contribution in [2.45, 2.75) is 284 Å². The monoisotopic (exact) mass is 987 g/mol. The van der Waals surface area contributed by atoms with Crippen molar-refractivity contribution in [3.05, 3.63) is 97.2 Å². The molecule has 0 aromatic rings. The second-order valence-electron chi connectivity index (χ2n) is 19.5. The quantitative estimate of drug-likeness (QED) is 0.0261. The first-order chi connectivity index (χ1) is 35.0. The zero-order valence-corrected chi connectivity index (χ0v) is 46.5. The summed E-state index contributed by atoms with van der Waals surface area (Å²) in [6.45, 7) is 6.47. The van der Waals surface area contributed by atoms with Crippen LogP contribution in [0.2, 0.25) is 0 Å². The molecule has 0 amide bonds. The van der Waals surface area contributed by atoms with Crippen LogP contribution >= 0.6 is 0 Å². The van der Waals surface area contributed by atoms with Crippen LogP contribution in [0.1, 0.15) is 278 Å². The summed E-state index contributed by atoms with van der Waals surface area (Å²) in [6, 6.07) is 0. The molecule has 6 nitrogen and oxygen atoms in total. The highest BCUT2D eigenvalue weighted by atomic mass is 16.6. The fourth-order valence-electron chi connectivity index (χ4n) is 8.13. The van der Waals surface area contributed by atoms with Gasteiger partial charge in [0.05, 0.1) is 0 Å². The molecule has 0 heterocycles. The van der Waals surface area contributed by atoms with E-state index in [-0.39, 0.29) is 37.5 Å². The third-order valence-electron chi connectivity index (χ3n) is 12.6. The lowest BCUT2D eigenvalue weighted by Crippen LogP contribution is -2.30. The number of unbranched alkanes of at least 4 members (excludes halogenated alkanes) is 26. The number of ether oxygens (including phenoxy) is 3. The molecule has 0 radical (unpaired) electrons. The van der Waals surface area contributed by atoms with Crippen LogP contribution in [0.15, 0.2) is 97.2 Å². The molecule has 6 heteroatoms. The summed E-state index contributed by atoms with van der Waals surface area (Å²) in [7, 11) is 0. The van der Waals surface area contributed by atoms with Gasteiger partial charge in [-0.15, -0.1) is 0 Å². The first-order valence-electron chi connectivity index (χ1n) is 29.7. The molecule has 0 aliphatic heterocycles. The van der Waals surface area contributed by atoms with E-state index in [9.17, 15) is 14.4 Å². The van der Waals surface area contributed by atoms with Gasteiger partial charge >= 0.3 is 17.9 Å². The van der Waals surface area contributed by atoms with Crippen molar-refractivity contribution in [2.24, 2.45) is 0 Å². The van der Waals surface area contributed by atoms with E-state index in [0.717, 1.165) is 96.3 Å². The second-order valence-corrected chi connectivity index (χ2v) is 19.5. The Bertz CT molecular complexity index is 1410. The molecule has 0 bridgehead atoms. The van der Waals surface area contributed by atoms with Crippen molar-refractivity contribution < 1.29 is 28.6 Å². The maximum Gasteiger partial charge on any atom is 0.306 e. The normalized spacial score (nSPS) is 12.8. The highest BCUT2D eigenvalue weighted by molar-refractivity contribution is 5.71. The number of esters is 3. The lowest BCUT2D eigenvalue weighted by atomic mass is 10.0. The van der Waals surface area contributed by atoms with Crippen LogP contribution in [0.25, 0.3) is 0 Å². The smallest absolute Gasteiger partial charge is 0.306 e. The zero-order chi connectivity index (χ0) is 51.4. The summed E-state index contributed by atoms with van der Waals surface area (Å²) in [5.74, 6) is -0.962. The topological polar surface area (TPSA) is 78.9 Å². The van der Waals surface area contributed by atoms with Crippen LogP contribution in [0.5, 0.6) is 0 Å². The molecule has 0 rings (SSSR count). The molecule has 0 fully saturated rings. The Labute approximate surface area is 438 Å². The van der Waals surface area contributed by atoms with Gasteiger partial charge in [-0.25, -0.2) is 0 Å². The average molecular weight is 988 g/mol.